The molecule has 0 spiro atoms. The van der Waals surface area contributed by atoms with E-state index in [0.717, 1.165) is 17.7 Å². The number of aryl methyl sites for hydroxylation is 2. The van der Waals surface area contributed by atoms with Gasteiger partial charge in [0.25, 0.3) is 0 Å². The second kappa shape index (κ2) is 5.81. The highest BCUT2D eigenvalue weighted by molar-refractivity contribution is 7.17. The summed E-state index contributed by atoms with van der Waals surface area (Å²) in [6.07, 6.45) is 1.27. The maximum Gasteiger partial charge on any atom is 0.233 e. The number of carbonyl (C=O) groups excluding carboxylic acids is 2. The van der Waals surface area contributed by atoms with Crippen LogP contribution in [0.25, 0.3) is 0 Å². The highest BCUT2D eigenvalue weighted by Crippen LogP contribution is 2.38. The predicted octanol–water partition coefficient (Wildman–Crippen LogP) is 3.65. The number of nitrogens with zero attached hydrogens (tertiary/aromatic N) is 2. The van der Waals surface area contributed by atoms with Gasteiger partial charge in [0.05, 0.1) is 22.2 Å². The summed E-state index contributed by atoms with van der Waals surface area (Å²) in [6, 6.07) is 0. The Kier molecular flexibility index (Phi) is 4.07. The molecule has 24 heavy (non-hydrogen) atoms. The van der Waals surface area contributed by atoms with E-state index in [-0.39, 0.29) is 17.1 Å². The number of nitrogens with one attached hydrogen (secondary N) is 1. The Morgan fingerprint density at radius 2 is 2.04 bits per heavy atom. The molecule has 1 N–H and O–H groups in total. The van der Waals surface area contributed by atoms with Gasteiger partial charge in [-0.2, -0.15) is 0 Å². The van der Waals surface area contributed by atoms with Gasteiger partial charge in [-0.15, -0.1) is 0 Å². The minimum absolute atomic E-state index is 0.0799. The second-order valence-corrected chi connectivity index (χ2v) is 8.18. The summed E-state index contributed by atoms with van der Waals surface area (Å²) in [6.45, 7) is 9.54. The fourth-order valence-electron chi connectivity index (χ4n) is 3.23. The lowest BCUT2D eigenvalue weighted by Gasteiger charge is -2.26. The molecule has 2 aromatic rings. The SMILES string of the molecule is Cc1noc(C)c1[C@H](C)C(=O)Nc1nc2c(s1)C(=O)CC(C)(C)C2. The first-order valence-electron chi connectivity index (χ1n) is 7.94. The molecule has 0 aliphatic heterocycles. The fourth-order valence-corrected chi connectivity index (χ4v) is 4.15. The minimum atomic E-state index is -0.399. The number of Topliss-reactive ketones (excluding diaryl/α,β-unsaturated/α-hetero) is 1. The summed E-state index contributed by atoms with van der Waals surface area (Å²) >= 11 is 1.26. The summed E-state index contributed by atoms with van der Waals surface area (Å²) in [4.78, 5) is 29.9. The molecule has 0 fully saturated rings. The fraction of sp³-hybridized carbons (Fsp3) is 0.529. The molecule has 0 saturated carbocycles. The Hall–Kier alpha value is -2.02. The van der Waals surface area contributed by atoms with Crippen LogP contribution in [0.15, 0.2) is 4.52 Å². The summed E-state index contributed by atoms with van der Waals surface area (Å²) < 4.78 is 5.13. The van der Waals surface area contributed by atoms with Gasteiger partial charge in [-0.05, 0) is 32.6 Å². The Balaban J connectivity index is 1.80. The Morgan fingerprint density at radius 3 is 2.67 bits per heavy atom. The molecule has 3 rings (SSSR count). The van der Waals surface area contributed by atoms with E-state index in [1.54, 1.807) is 6.92 Å². The molecule has 1 aliphatic carbocycles. The topological polar surface area (TPSA) is 85.1 Å². The van der Waals surface area contributed by atoms with E-state index in [1.165, 1.54) is 11.3 Å². The van der Waals surface area contributed by atoms with E-state index in [9.17, 15) is 9.59 Å². The van der Waals surface area contributed by atoms with Gasteiger partial charge >= 0.3 is 0 Å². The van der Waals surface area contributed by atoms with E-state index in [0.29, 0.717) is 27.9 Å². The van der Waals surface area contributed by atoms with Crippen LogP contribution in [0, 0.1) is 19.3 Å². The van der Waals surface area contributed by atoms with E-state index in [2.05, 4.69) is 29.3 Å². The highest BCUT2D eigenvalue weighted by Gasteiger charge is 2.34. The maximum absolute atomic E-state index is 12.5. The number of fused-ring (bicyclic) bond motifs is 1. The molecule has 0 aromatic carbocycles. The number of anilines is 1. The number of hydrogen-bond acceptors (Lipinski definition) is 6. The normalized spacial score (nSPS) is 17.5. The molecule has 6 nitrogen and oxygen atoms in total. The van der Waals surface area contributed by atoms with Gasteiger partial charge in [-0.1, -0.05) is 30.3 Å². The first kappa shape index (κ1) is 16.8. The van der Waals surface area contributed by atoms with E-state index in [4.69, 9.17) is 4.52 Å². The Morgan fingerprint density at radius 1 is 1.33 bits per heavy atom. The lowest BCUT2D eigenvalue weighted by molar-refractivity contribution is -0.117. The summed E-state index contributed by atoms with van der Waals surface area (Å²) in [5.74, 6) is 0.176. The average molecular weight is 347 g/mol. The second-order valence-electron chi connectivity index (χ2n) is 7.18. The molecule has 2 heterocycles. The summed E-state index contributed by atoms with van der Waals surface area (Å²) in [5.41, 5.74) is 2.22. The van der Waals surface area contributed by atoms with Gasteiger partial charge in [0.1, 0.15) is 5.76 Å². The van der Waals surface area contributed by atoms with Crippen molar-refractivity contribution in [1.29, 1.82) is 0 Å². The Labute approximate surface area is 144 Å². The van der Waals surface area contributed by atoms with Crippen LogP contribution in [0.4, 0.5) is 5.13 Å². The molecule has 2 aromatic heterocycles. The lowest BCUT2D eigenvalue weighted by Crippen LogP contribution is -2.26. The van der Waals surface area contributed by atoms with Crippen LogP contribution < -0.4 is 5.32 Å². The molecule has 0 radical (unpaired) electrons. The molecular weight excluding hydrogens is 326 g/mol. The largest absolute Gasteiger partial charge is 0.361 e. The summed E-state index contributed by atoms with van der Waals surface area (Å²) in [7, 11) is 0. The number of thiazole rings is 1. The van der Waals surface area contributed by atoms with Crippen LogP contribution in [-0.4, -0.2) is 21.8 Å². The lowest BCUT2D eigenvalue weighted by atomic mass is 9.78. The molecule has 7 heteroatoms. The van der Waals surface area contributed by atoms with Crippen molar-refractivity contribution in [3.63, 3.8) is 0 Å². The average Bonchev–Trinajstić information content (AvgIpc) is 3.00. The standard InChI is InChI=1S/C17H21N3O3S/c1-8(13-9(2)20-23-10(13)3)15(22)19-16-18-11-6-17(4,5)7-12(21)14(11)24-16/h8H,6-7H2,1-5H3,(H,18,19,22)/t8-/m0/s1. The number of carbonyl (C=O) groups is 2. The van der Waals surface area contributed by atoms with Gasteiger partial charge < -0.3 is 9.84 Å². The zero-order valence-electron chi connectivity index (χ0n) is 14.5. The Bertz CT molecular complexity index is 800. The molecule has 1 aliphatic rings. The molecule has 1 amide bonds. The number of aromatic nitrogens is 2. The van der Waals surface area contributed by atoms with E-state index < -0.39 is 5.92 Å². The van der Waals surface area contributed by atoms with Crippen molar-refractivity contribution in [2.24, 2.45) is 5.41 Å². The van der Waals surface area contributed by atoms with E-state index in [1.807, 2.05) is 13.8 Å². The molecule has 1 atom stereocenters. The van der Waals surface area contributed by atoms with Crippen LogP contribution in [-0.2, 0) is 11.2 Å². The molecular formula is C17H21N3O3S. The van der Waals surface area contributed by atoms with Crippen LogP contribution in [0.3, 0.4) is 0 Å². The number of amides is 1. The minimum Gasteiger partial charge on any atom is -0.361 e. The van der Waals surface area contributed by atoms with Crippen molar-refractivity contribution in [2.45, 2.75) is 53.4 Å². The smallest absolute Gasteiger partial charge is 0.233 e. The van der Waals surface area contributed by atoms with Crippen molar-refractivity contribution in [2.75, 3.05) is 5.32 Å². The van der Waals surface area contributed by atoms with Crippen molar-refractivity contribution in [3.8, 4) is 0 Å². The van der Waals surface area contributed by atoms with Crippen LogP contribution in [0.1, 0.15) is 65.5 Å². The first-order chi connectivity index (χ1) is 11.2. The van der Waals surface area contributed by atoms with Gasteiger partial charge in [-0.25, -0.2) is 4.98 Å². The third-order valence-corrected chi connectivity index (χ3v) is 5.43. The molecule has 128 valence electrons. The molecule has 0 saturated heterocycles. The van der Waals surface area contributed by atoms with Gasteiger partial charge in [0, 0.05) is 12.0 Å². The third-order valence-electron chi connectivity index (χ3n) is 4.38. The zero-order chi connectivity index (χ0) is 17.6. The number of rotatable bonds is 3. The maximum atomic E-state index is 12.5. The van der Waals surface area contributed by atoms with Crippen molar-refractivity contribution < 1.29 is 14.1 Å². The monoisotopic (exact) mass is 347 g/mol. The van der Waals surface area contributed by atoms with Gasteiger partial charge in [0.2, 0.25) is 5.91 Å². The predicted molar refractivity (Wildman–Crippen MR) is 91.6 cm³/mol. The zero-order valence-corrected chi connectivity index (χ0v) is 15.3. The quantitative estimate of drug-likeness (QED) is 0.916. The van der Waals surface area contributed by atoms with Gasteiger partial charge in [0.15, 0.2) is 10.9 Å². The van der Waals surface area contributed by atoms with Gasteiger partial charge in [-0.3, -0.25) is 9.59 Å². The molecule has 0 unspecified atom stereocenters. The van der Waals surface area contributed by atoms with Crippen LogP contribution in [0.2, 0.25) is 0 Å². The number of hydrogen-bond donors (Lipinski definition) is 1. The van der Waals surface area contributed by atoms with Crippen LogP contribution >= 0.6 is 11.3 Å². The van der Waals surface area contributed by atoms with Crippen molar-refractivity contribution >= 4 is 28.2 Å². The van der Waals surface area contributed by atoms with E-state index >= 15 is 0 Å². The number of ketones is 1. The highest BCUT2D eigenvalue weighted by atomic mass is 32.1. The van der Waals surface area contributed by atoms with Crippen molar-refractivity contribution in [1.82, 2.24) is 10.1 Å². The molecule has 0 bridgehead atoms. The van der Waals surface area contributed by atoms with Crippen LogP contribution in [0.5, 0.6) is 0 Å². The third kappa shape index (κ3) is 3.00. The van der Waals surface area contributed by atoms with Crippen molar-refractivity contribution in [3.05, 3.63) is 27.6 Å². The summed E-state index contributed by atoms with van der Waals surface area (Å²) in [5, 5.41) is 7.21. The first-order valence-corrected chi connectivity index (χ1v) is 8.76.